The van der Waals surface area contributed by atoms with Gasteiger partial charge >= 0.3 is 0 Å². The van der Waals surface area contributed by atoms with Crippen molar-refractivity contribution >= 4 is 16.7 Å². The van der Waals surface area contributed by atoms with Crippen molar-refractivity contribution in [1.29, 1.82) is 0 Å². The number of hydrogen-bond donors (Lipinski definition) is 0. The highest BCUT2D eigenvalue weighted by Gasteiger charge is 2.15. The number of hydrogen-bond acceptors (Lipinski definition) is 4. The predicted octanol–water partition coefficient (Wildman–Crippen LogP) is 1.74. The Kier molecular flexibility index (Phi) is 2.38. The first-order valence-electron chi connectivity index (χ1n) is 6.54. The zero-order valence-electron chi connectivity index (χ0n) is 11.3. The lowest BCUT2D eigenvalue weighted by atomic mass is 10.2. The van der Waals surface area contributed by atoms with E-state index in [1.165, 1.54) is 4.57 Å². The quantitative estimate of drug-likeness (QED) is 0.531. The Morgan fingerprint density at radius 3 is 2.62 bits per heavy atom. The van der Waals surface area contributed by atoms with Crippen LogP contribution >= 0.6 is 0 Å². The van der Waals surface area contributed by atoms with Crippen LogP contribution in [0.25, 0.3) is 22.5 Å². The molecule has 0 aliphatic carbocycles. The van der Waals surface area contributed by atoms with Crippen molar-refractivity contribution in [3.63, 3.8) is 0 Å². The topological polar surface area (TPSA) is 65.1 Å². The third-order valence-electron chi connectivity index (χ3n) is 3.46. The van der Waals surface area contributed by atoms with Crippen LogP contribution in [-0.4, -0.2) is 24.1 Å². The second kappa shape index (κ2) is 4.24. The monoisotopic (exact) mass is 277 g/mol. The van der Waals surface area contributed by atoms with Crippen molar-refractivity contribution in [2.45, 2.75) is 6.92 Å². The summed E-state index contributed by atoms with van der Waals surface area (Å²) >= 11 is 0. The fourth-order valence-electron chi connectivity index (χ4n) is 2.53. The summed E-state index contributed by atoms with van der Waals surface area (Å²) in [5, 5.41) is 8.85. The molecule has 4 aromatic rings. The van der Waals surface area contributed by atoms with Gasteiger partial charge < -0.3 is 0 Å². The van der Waals surface area contributed by atoms with Crippen LogP contribution < -0.4 is 5.56 Å². The number of aryl methyl sites for hydroxylation is 1. The molecule has 102 valence electrons. The molecule has 0 aliphatic rings. The van der Waals surface area contributed by atoms with Crippen molar-refractivity contribution in [2.75, 3.05) is 0 Å². The molecule has 0 spiro atoms. The molecule has 0 amide bonds. The van der Waals surface area contributed by atoms with Crippen molar-refractivity contribution in [2.24, 2.45) is 0 Å². The minimum Gasteiger partial charge on any atom is -0.268 e. The highest BCUT2D eigenvalue weighted by atomic mass is 16.1. The summed E-state index contributed by atoms with van der Waals surface area (Å²) in [6, 6.07) is 12.9. The Balaban J connectivity index is 2.30. The smallest absolute Gasteiger partial charge is 0.268 e. The number of nitrogens with zero attached hydrogens (tertiary/aromatic N) is 5. The minimum atomic E-state index is -0.149. The highest BCUT2D eigenvalue weighted by molar-refractivity contribution is 5.80. The zero-order chi connectivity index (χ0) is 14.4. The van der Waals surface area contributed by atoms with Crippen LogP contribution in [0.2, 0.25) is 0 Å². The molecule has 0 N–H and O–H groups in total. The van der Waals surface area contributed by atoms with E-state index in [2.05, 4.69) is 15.2 Å². The maximum absolute atomic E-state index is 12.8. The molecule has 3 heterocycles. The maximum Gasteiger partial charge on any atom is 0.268 e. The molecule has 0 bridgehead atoms. The fraction of sp³-hybridized carbons (Fsp3) is 0.0667. The van der Waals surface area contributed by atoms with Crippen LogP contribution in [0.3, 0.4) is 0 Å². The molecule has 0 atom stereocenters. The first-order chi connectivity index (χ1) is 10.3. The Hall–Kier alpha value is -3.02. The molecular weight excluding hydrogens is 266 g/mol. The van der Waals surface area contributed by atoms with Crippen LogP contribution in [-0.2, 0) is 0 Å². The molecular formula is C15H11N5O. The Labute approximate surface area is 119 Å². The van der Waals surface area contributed by atoms with Gasteiger partial charge in [0.25, 0.3) is 5.56 Å². The van der Waals surface area contributed by atoms with Crippen molar-refractivity contribution in [3.05, 3.63) is 64.8 Å². The Bertz CT molecular complexity index is 1020. The van der Waals surface area contributed by atoms with Crippen LogP contribution in [0.1, 0.15) is 5.82 Å². The first-order valence-corrected chi connectivity index (χ1v) is 6.54. The maximum atomic E-state index is 12.8. The van der Waals surface area contributed by atoms with Crippen LogP contribution in [0.5, 0.6) is 0 Å². The number of aromatic nitrogens is 5. The van der Waals surface area contributed by atoms with E-state index in [1.54, 1.807) is 18.3 Å². The van der Waals surface area contributed by atoms with Crippen molar-refractivity contribution in [3.8, 4) is 5.82 Å². The van der Waals surface area contributed by atoms with Gasteiger partial charge in [-0.25, -0.2) is 9.55 Å². The number of benzene rings is 1. The molecule has 21 heavy (non-hydrogen) atoms. The van der Waals surface area contributed by atoms with Gasteiger partial charge in [-0.1, -0.05) is 18.2 Å². The molecule has 6 nitrogen and oxygen atoms in total. The number of para-hydroxylation sites is 1. The van der Waals surface area contributed by atoms with E-state index >= 15 is 0 Å². The fourth-order valence-corrected chi connectivity index (χ4v) is 2.53. The van der Waals surface area contributed by atoms with Gasteiger partial charge in [0.2, 0.25) is 5.78 Å². The minimum absolute atomic E-state index is 0.149. The van der Waals surface area contributed by atoms with Crippen LogP contribution in [0.15, 0.2) is 53.5 Å². The molecule has 3 aromatic heterocycles. The molecule has 0 aliphatic heterocycles. The van der Waals surface area contributed by atoms with Crippen LogP contribution in [0.4, 0.5) is 0 Å². The average molecular weight is 277 g/mol. The van der Waals surface area contributed by atoms with Gasteiger partial charge in [-0.2, -0.15) is 0 Å². The van der Waals surface area contributed by atoms with E-state index < -0.39 is 0 Å². The molecule has 4 rings (SSSR count). The Morgan fingerprint density at radius 2 is 1.81 bits per heavy atom. The number of rotatable bonds is 1. The predicted molar refractivity (Wildman–Crippen MR) is 78.6 cm³/mol. The zero-order valence-corrected chi connectivity index (χ0v) is 11.3. The lowest BCUT2D eigenvalue weighted by Gasteiger charge is -2.09. The number of pyridine rings is 1. The molecule has 6 heteroatoms. The normalized spacial score (nSPS) is 11.3. The van der Waals surface area contributed by atoms with E-state index in [1.807, 2.05) is 41.7 Å². The van der Waals surface area contributed by atoms with Gasteiger partial charge in [0.15, 0.2) is 0 Å². The first kappa shape index (κ1) is 11.8. The van der Waals surface area contributed by atoms with E-state index in [0.29, 0.717) is 17.0 Å². The third-order valence-corrected chi connectivity index (χ3v) is 3.46. The number of fused-ring (bicyclic) bond motifs is 3. The summed E-state index contributed by atoms with van der Waals surface area (Å²) in [7, 11) is 0. The van der Waals surface area contributed by atoms with Gasteiger partial charge in [-0.05, 0) is 31.2 Å². The van der Waals surface area contributed by atoms with E-state index in [4.69, 9.17) is 0 Å². The van der Waals surface area contributed by atoms with Gasteiger partial charge in [-0.3, -0.25) is 9.20 Å². The average Bonchev–Trinajstić information content (AvgIpc) is 2.91. The molecule has 0 saturated heterocycles. The molecule has 0 radical (unpaired) electrons. The van der Waals surface area contributed by atoms with Crippen molar-refractivity contribution < 1.29 is 0 Å². The van der Waals surface area contributed by atoms with E-state index in [9.17, 15) is 4.79 Å². The molecule has 0 unspecified atom stereocenters. The third kappa shape index (κ3) is 1.59. The summed E-state index contributed by atoms with van der Waals surface area (Å²) < 4.78 is 3.35. The lowest BCUT2D eigenvalue weighted by molar-refractivity contribution is 0.928. The van der Waals surface area contributed by atoms with E-state index in [0.717, 1.165) is 11.3 Å². The summed E-state index contributed by atoms with van der Waals surface area (Å²) in [4.78, 5) is 17.1. The van der Waals surface area contributed by atoms with Crippen molar-refractivity contribution in [1.82, 2.24) is 24.1 Å². The van der Waals surface area contributed by atoms with Gasteiger partial charge in [0.05, 0.1) is 10.9 Å². The Morgan fingerprint density at radius 1 is 1.00 bits per heavy atom. The van der Waals surface area contributed by atoms with E-state index in [-0.39, 0.29) is 5.56 Å². The standard InChI is InChI=1S/C15H11N5O/c1-10-17-18-15-19(10)12-7-3-2-6-11(12)14(21)20(15)13-8-4-5-9-16-13/h2-9H,1H3. The van der Waals surface area contributed by atoms with Crippen LogP contribution in [0, 0.1) is 6.92 Å². The second-order valence-corrected chi connectivity index (χ2v) is 4.73. The summed E-state index contributed by atoms with van der Waals surface area (Å²) in [6.07, 6.45) is 1.65. The molecule has 1 aromatic carbocycles. The molecule has 0 fully saturated rings. The summed E-state index contributed by atoms with van der Waals surface area (Å²) in [5.74, 6) is 1.73. The summed E-state index contributed by atoms with van der Waals surface area (Å²) in [6.45, 7) is 1.86. The van der Waals surface area contributed by atoms with Gasteiger partial charge in [0, 0.05) is 6.20 Å². The second-order valence-electron chi connectivity index (χ2n) is 4.73. The molecule has 0 saturated carbocycles. The SMILES string of the molecule is Cc1nnc2n(-c3ccccn3)c(=O)c3ccccc3n12. The summed E-state index contributed by atoms with van der Waals surface area (Å²) in [5.41, 5.74) is 0.649. The highest BCUT2D eigenvalue weighted by Crippen LogP contribution is 2.16. The van der Waals surface area contributed by atoms with Gasteiger partial charge in [-0.15, -0.1) is 10.2 Å². The van der Waals surface area contributed by atoms with Gasteiger partial charge in [0.1, 0.15) is 11.6 Å². The lowest BCUT2D eigenvalue weighted by Crippen LogP contribution is -2.22. The largest absolute Gasteiger partial charge is 0.268 e.